The lowest BCUT2D eigenvalue weighted by Gasteiger charge is -2.02. The van der Waals surface area contributed by atoms with Gasteiger partial charge in [0.1, 0.15) is 6.54 Å². The molecule has 1 heterocycles. The number of H-pyrrole nitrogens is 1. The highest BCUT2D eigenvalue weighted by Gasteiger charge is 2.17. The monoisotopic (exact) mass is 267 g/mol. The Labute approximate surface area is 93.1 Å². The third-order valence-electron chi connectivity index (χ3n) is 1.57. The van der Waals surface area contributed by atoms with E-state index in [1.165, 1.54) is 0 Å². The number of nitrogens with one attached hydrogen (secondary N) is 1. The van der Waals surface area contributed by atoms with E-state index in [0.717, 1.165) is 0 Å². The average molecular weight is 268 g/mol. The van der Waals surface area contributed by atoms with E-state index in [2.05, 4.69) is 0 Å². The minimum Gasteiger partial charge on any atom is -0.368 e. The molecule has 0 radical (unpaired) electrons. The second kappa shape index (κ2) is 4.10. The zero-order valence-corrected chi connectivity index (χ0v) is 9.21. The van der Waals surface area contributed by atoms with Gasteiger partial charge in [0.05, 0.1) is 0 Å². The highest BCUT2D eigenvalue weighted by molar-refractivity contribution is 8.13. The van der Waals surface area contributed by atoms with E-state index in [1.807, 2.05) is 0 Å². The molecule has 3 N–H and O–H groups in total. The maximum Gasteiger partial charge on any atom is 0.328 e. The van der Waals surface area contributed by atoms with E-state index in [1.54, 1.807) is 4.98 Å². The number of amides is 1. The Morgan fingerprint density at radius 2 is 2.06 bits per heavy atom. The van der Waals surface area contributed by atoms with Crippen molar-refractivity contribution in [3.63, 3.8) is 0 Å². The predicted molar refractivity (Wildman–Crippen MR) is 53.6 cm³/mol. The molecule has 0 bridgehead atoms. The Morgan fingerprint density at radius 3 is 2.50 bits per heavy atom. The zero-order valence-electron chi connectivity index (χ0n) is 7.64. The minimum atomic E-state index is -4.29. The summed E-state index contributed by atoms with van der Waals surface area (Å²) in [4.78, 5) is 33.6. The summed E-state index contributed by atoms with van der Waals surface area (Å²) in [6, 6.07) is 0. The summed E-state index contributed by atoms with van der Waals surface area (Å²) in [6.07, 6.45) is 0.661. The van der Waals surface area contributed by atoms with Gasteiger partial charge < -0.3 is 5.73 Å². The summed E-state index contributed by atoms with van der Waals surface area (Å²) in [5.74, 6) is -0.868. The van der Waals surface area contributed by atoms with Gasteiger partial charge in [0.15, 0.2) is 4.90 Å². The number of carbonyl (C=O) groups is 1. The lowest BCUT2D eigenvalue weighted by molar-refractivity contribution is -0.118. The van der Waals surface area contributed by atoms with Crippen LogP contribution >= 0.6 is 10.7 Å². The Morgan fingerprint density at radius 1 is 1.50 bits per heavy atom. The maximum absolute atomic E-state index is 11.1. The van der Waals surface area contributed by atoms with Crippen LogP contribution in [0.25, 0.3) is 0 Å². The van der Waals surface area contributed by atoms with Crippen molar-refractivity contribution in [3.05, 3.63) is 27.0 Å². The quantitative estimate of drug-likeness (QED) is 0.608. The molecule has 1 rings (SSSR count). The van der Waals surface area contributed by atoms with Gasteiger partial charge in [-0.3, -0.25) is 19.1 Å². The Hall–Kier alpha value is -1.61. The molecule has 0 saturated carbocycles. The number of aromatic amines is 1. The molecule has 8 nitrogen and oxygen atoms in total. The van der Waals surface area contributed by atoms with Gasteiger partial charge in [0.2, 0.25) is 5.91 Å². The first-order chi connectivity index (χ1) is 7.21. The zero-order chi connectivity index (χ0) is 12.5. The number of nitrogens with zero attached hydrogens (tertiary/aromatic N) is 1. The van der Waals surface area contributed by atoms with Crippen molar-refractivity contribution < 1.29 is 13.2 Å². The van der Waals surface area contributed by atoms with E-state index < -0.39 is 37.6 Å². The topological polar surface area (TPSA) is 132 Å². The first-order valence-electron chi connectivity index (χ1n) is 3.78. The van der Waals surface area contributed by atoms with Crippen molar-refractivity contribution in [1.29, 1.82) is 0 Å². The molecule has 0 aromatic carbocycles. The van der Waals surface area contributed by atoms with Crippen molar-refractivity contribution in [3.8, 4) is 0 Å². The van der Waals surface area contributed by atoms with E-state index >= 15 is 0 Å². The van der Waals surface area contributed by atoms with Gasteiger partial charge in [-0.05, 0) is 0 Å². The molecule has 0 saturated heterocycles. The fourth-order valence-electron chi connectivity index (χ4n) is 0.948. The molecule has 10 heteroatoms. The predicted octanol–water partition coefficient (Wildman–Crippen LogP) is -2.05. The molecular weight excluding hydrogens is 262 g/mol. The minimum absolute atomic E-state index is 0.560. The molecule has 0 atom stereocenters. The number of primary amides is 1. The molecule has 0 aliphatic carbocycles. The third kappa shape index (κ3) is 2.70. The molecule has 0 spiro atoms. The summed E-state index contributed by atoms with van der Waals surface area (Å²) in [5.41, 5.74) is 2.71. The molecule has 1 aromatic heterocycles. The maximum atomic E-state index is 11.1. The smallest absolute Gasteiger partial charge is 0.328 e. The molecular formula is C6H6ClN3O5S. The van der Waals surface area contributed by atoms with Crippen LogP contribution in [0.1, 0.15) is 0 Å². The summed E-state index contributed by atoms with van der Waals surface area (Å²) in [6.45, 7) is -0.560. The fourth-order valence-corrected chi connectivity index (χ4v) is 1.80. The lowest BCUT2D eigenvalue weighted by atomic mass is 10.5. The van der Waals surface area contributed by atoms with Crippen molar-refractivity contribution in [2.24, 2.45) is 5.73 Å². The Bertz CT molecular complexity index is 643. The van der Waals surface area contributed by atoms with E-state index in [9.17, 15) is 22.8 Å². The molecule has 0 aliphatic rings. The fraction of sp³-hybridized carbons (Fsp3) is 0.167. The van der Waals surface area contributed by atoms with Crippen molar-refractivity contribution in [2.75, 3.05) is 0 Å². The third-order valence-corrected chi connectivity index (χ3v) is 2.88. The molecule has 0 aliphatic heterocycles. The van der Waals surface area contributed by atoms with Crippen molar-refractivity contribution in [1.82, 2.24) is 9.55 Å². The molecule has 1 aromatic rings. The molecule has 16 heavy (non-hydrogen) atoms. The van der Waals surface area contributed by atoms with E-state index in [-0.39, 0.29) is 0 Å². The average Bonchev–Trinajstić information content (AvgIpc) is 2.06. The van der Waals surface area contributed by atoms with Crippen LogP contribution < -0.4 is 17.0 Å². The largest absolute Gasteiger partial charge is 0.368 e. The molecule has 0 unspecified atom stereocenters. The summed E-state index contributed by atoms with van der Waals surface area (Å²) >= 11 is 0. The van der Waals surface area contributed by atoms with Crippen LogP contribution in [-0.4, -0.2) is 23.9 Å². The highest BCUT2D eigenvalue weighted by Crippen LogP contribution is 2.07. The van der Waals surface area contributed by atoms with Crippen LogP contribution in [0.15, 0.2) is 20.7 Å². The number of hydrogen-bond acceptors (Lipinski definition) is 5. The van der Waals surface area contributed by atoms with Crippen molar-refractivity contribution in [2.45, 2.75) is 11.4 Å². The second-order valence-electron chi connectivity index (χ2n) is 2.78. The van der Waals surface area contributed by atoms with Gasteiger partial charge in [-0.25, -0.2) is 13.2 Å². The van der Waals surface area contributed by atoms with E-state index in [4.69, 9.17) is 16.4 Å². The Kier molecular flexibility index (Phi) is 3.19. The van der Waals surface area contributed by atoms with Crippen molar-refractivity contribution >= 4 is 25.6 Å². The van der Waals surface area contributed by atoms with Crippen LogP contribution in [0.4, 0.5) is 0 Å². The van der Waals surface area contributed by atoms with Gasteiger partial charge in [0.25, 0.3) is 14.6 Å². The van der Waals surface area contributed by atoms with Gasteiger partial charge in [-0.2, -0.15) is 0 Å². The van der Waals surface area contributed by atoms with Gasteiger partial charge in [0, 0.05) is 16.9 Å². The standard InChI is InChI=1S/C6H6ClN3O5S/c7-16(14,15)3-1-10(2-4(8)11)6(13)9-5(3)12/h1H,2H2,(H2,8,11)(H,9,12,13). The Balaban J connectivity index is 3.51. The molecule has 1 amide bonds. The van der Waals surface area contributed by atoms with Crippen LogP contribution in [0.2, 0.25) is 0 Å². The van der Waals surface area contributed by atoms with Crippen LogP contribution in [-0.2, 0) is 20.4 Å². The summed E-state index contributed by atoms with van der Waals surface area (Å²) in [7, 11) is 0.653. The van der Waals surface area contributed by atoms with Gasteiger partial charge in [-0.1, -0.05) is 0 Å². The molecule has 0 fully saturated rings. The van der Waals surface area contributed by atoms with Gasteiger partial charge in [-0.15, -0.1) is 0 Å². The first kappa shape index (κ1) is 12.5. The molecule has 88 valence electrons. The van der Waals surface area contributed by atoms with Crippen LogP contribution in [0.3, 0.4) is 0 Å². The first-order valence-corrected chi connectivity index (χ1v) is 6.09. The highest BCUT2D eigenvalue weighted by atomic mass is 35.7. The summed E-state index contributed by atoms with van der Waals surface area (Å²) < 4.78 is 22.5. The second-order valence-corrected chi connectivity index (χ2v) is 5.32. The normalized spacial score (nSPS) is 11.3. The number of carbonyl (C=O) groups excluding carboxylic acids is 1. The number of aromatic nitrogens is 2. The van der Waals surface area contributed by atoms with Crippen LogP contribution in [0, 0.1) is 0 Å². The number of halogens is 1. The number of nitrogens with two attached hydrogens (primary N) is 1. The van der Waals surface area contributed by atoms with E-state index in [0.29, 0.717) is 10.8 Å². The summed E-state index contributed by atoms with van der Waals surface area (Å²) in [5, 5.41) is 0. The number of rotatable bonds is 3. The van der Waals surface area contributed by atoms with Gasteiger partial charge >= 0.3 is 5.69 Å². The number of hydrogen-bond donors (Lipinski definition) is 2. The van der Waals surface area contributed by atoms with Crippen LogP contribution in [0.5, 0.6) is 0 Å². The lowest BCUT2D eigenvalue weighted by Crippen LogP contribution is -2.35. The SMILES string of the molecule is NC(=O)Cn1cc(S(=O)(=O)Cl)c(=O)[nH]c1=O.